The highest BCUT2D eigenvalue weighted by molar-refractivity contribution is 5.24. The molecule has 0 saturated heterocycles. The van der Waals surface area contributed by atoms with Gasteiger partial charge in [0.1, 0.15) is 11.6 Å². The Morgan fingerprint density at radius 1 is 1.24 bits per heavy atom. The van der Waals surface area contributed by atoms with Gasteiger partial charge in [-0.05, 0) is 31.4 Å². The molecule has 0 aliphatic heterocycles. The zero-order valence-electron chi connectivity index (χ0n) is 10.4. The first-order valence-electron chi connectivity index (χ1n) is 6.19. The molecule has 94 valence electrons. The summed E-state index contributed by atoms with van der Waals surface area (Å²) < 4.78 is 26.8. The summed E-state index contributed by atoms with van der Waals surface area (Å²) >= 11 is 0. The maximum atomic E-state index is 13.8. The number of hydrogen-bond acceptors (Lipinski definition) is 1. The van der Waals surface area contributed by atoms with Crippen molar-refractivity contribution < 1.29 is 8.78 Å². The fourth-order valence-corrected chi connectivity index (χ4v) is 3.09. The summed E-state index contributed by atoms with van der Waals surface area (Å²) in [6.45, 7) is 2.18. The van der Waals surface area contributed by atoms with Crippen LogP contribution in [0.3, 0.4) is 0 Å². The summed E-state index contributed by atoms with van der Waals surface area (Å²) in [6.07, 6.45) is 4.57. The van der Waals surface area contributed by atoms with Crippen molar-refractivity contribution in [2.75, 3.05) is 7.05 Å². The second-order valence-electron chi connectivity index (χ2n) is 5.25. The van der Waals surface area contributed by atoms with Crippen LogP contribution in [0.5, 0.6) is 0 Å². The molecule has 0 bridgehead atoms. The molecule has 0 amide bonds. The van der Waals surface area contributed by atoms with Gasteiger partial charge in [0.25, 0.3) is 0 Å². The maximum absolute atomic E-state index is 13.8. The topological polar surface area (TPSA) is 12.0 Å². The lowest BCUT2D eigenvalue weighted by Crippen LogP contribution is -2.33. The third kappa shape index (κ3) is 2.34. The fraction of sp³-hybridized carbons (Fsp3) is 0.571. The van der Waals surface area contributed by atoms with Gasteiger partial charge in [0.15, 0.2) is 0 Å². The Balaban J connectivity index is 2.34. The van der Waals surface area contributed by atoms with Crippen molar-refractivity contribution in [1.82, 2.24) is 5.32 Å². The lowest BCUT2D eigenvalue weighted by Gasteiger charge is -2.34. The summed E-state index contributed by atoms with van der Waals surface area (Å²) in [7, 11) is 1.84. The average molecular weight is 239 g/mol. The summed E-state index contributed by atoms with van der Waals surface area (Å²) in [5, 5.41) is 3.20. The minimum Gasteiger partial charge on any atom is -0.312 e. The SMILES string of the molecule is CNC(c1ccc(F)cc1F)C1(C)CCCC1. The molecule has 1 nitrogen and oxygen atoms in total. The number of halogens is 2. The molecule has 1 aliphatic rings. The second-order valence-corrected chi connectivity index (χ2v) is 5.25. The van der Waals surface area contributed by atoms with Gasteiger partial charge < -0.3 is 5.32 Å². The highest BCUT2D eigenvalue weighted by Gasteiger charge is 2.38. The first-order chi connectivity index (χ1) is 8.07. The molecule has 1 N–H and O–H groups in total. The van der Waals surface area contributed by atoms with Crippen LogP contribution in [0, 0.1) is 17.0 Å². The Hall–Kier alpha value is -0.960. The molecule has 1 aromatic carbocycles. The number of benzene rings is 1. The van der Waals surface area contributed by atoms with Crippen molar-refractivity contribution in [2.45, 2.75) is 38.6 Å². The monoisotopic (exact) mass is 239 g/mol. The third-order valence-corrected chi connectivity index (χ3v) is 4.00. The Morgan fingerprint density at radius 3 is 2.41 bits per heavy atom. The number of rotatable bonds is 3. The van der Waals surface area contributed by atoms with E-state index in [1.54, 1.807) is 6.07 Å². The highest BCUT2D eigenvalue weighted by Crippen LogP contribution is 2.47. The van der Waals surface area contributed by atoms with Gasteiger partial charge in [-0.2, -0.15) is 0 Å². The summed E-state index contributed by atoms with van der Waals surface area (Å²) in [5.41, 5.74) is 0.659. The van der Waals surface area contributed by atoms with Gasteiger partial charge in [0.2, 0.25) is 0 Å². The number of hydrogen-bond donors (Lipinski definition) is 1. The van der Waals surface area contributed by atoms with Gasteiger partial charge in [-0.25, -0.2) is 8.78 Å². The van der Waals surface area contributed by atoms with Crippen LogP contribution in [0.25, 0.3) is 0 Å². The third-order valence-electron chi connectivity index (χ3n) is 4.00. The van der Waals surface area contributed by atoms with Crippen LogP contribution in [0.15, 0.2) is 18.2 Å². The van der Waals surface area contributed by atoms with Crippen molar-refractivity contribution >= 4 is 0 Å². The van der Waals surface area contributed by atoms with E-state index in [1.807, 2.05) is 7.05 Å². The molecule has 17 heavy (non-hydrogen) atoms. The Kier molecular flexibility index (Phi) is 3.48. The molecule has 1 atom stereocenters. The van der Waals surface area contributed by atoms with Gasteiger partial charge in [0.05, 0.1) is 0 Å². The van der Waals surface area contributed by atoms with Gasteiger partial charge in [-0.1, -0.05) is 25.8 Å². The van der Waals surface area contributed by atoms with E-state index >= 15 is 0 Å². The van der Waals surface area contributed by atoms with Crippen molar-refractivity contribution in [3.8, 4) is 0 Å². The molecular weight excluding hydrogens is 220 g/mol. The predicted molar refractivity (Wildman–Crippen MR) is 64.7 cm³/mol. The van der Waals surface area contributed by atoms with Crippen LogP contribution < -0.4 is 5.32 Å². The summed E-state index contributed by atoms with van der Waals surface area (Å²) in [6, 6.07) is 3.83. The van der Waals surface area contributed by atoms with Crippen LogP contribution in [0.1, 0.15) is 44.2 Å². The fourth-order valence-electron chi connectivity index (χ4n) is 3.09. The Morgan fingerprint density at radius 2 is 1.88 bits per heavy atom. The van der Waals surface area contributed by atoms with Gasteiger partial charge in [-0.15, -0.1) is 0 Å². The van der Waals surface area contributed by atoms with Crippen LogP contribution >= 0.6 is 0 Å². The van der Waals surface area contributed by atoms with E-state index in [9.17, 15) is 8.78 Å². The van der Waals surface area contributed by atoms with Gasteiger partial charge in [-0.3, -0.25) is 0 Å². The zero-order chi connectivity index (χ0) is 12.5. The van der Waals surface area contributed by atoms with Gasteiger partial charge >= 0.3 is 0 Å². The second kappa shape index (κ2) is 4.73. The molecule has 1 fully saturated rings. The molecule has 0 heterocycles. The molecule has 1 unspecified atom stereocenters. The van der Waals surface area contributed by atoms with E-state index in [1.165, 1.54) is 18.9 Å². The van der Waals surface area contributed by atoms with Crippen molar-refractivity contribution in [3.05, 3.63) is 35.4 Å². The zero-order valence-corrected chi connectivity index (χ0v) is 10.4. The molecule has 3 heteroatoms. The van der Waals surface area contributed by atoms with Crippen molar-refractivity contribution in [3.63, 3.8) is 0 Å². The van der Waals surface area contributed by atoms with Crippen LogP contribution in [0.2, 0.25) is 0 Å². The van der Waals surface area contributed by atoms with E-state index in [0.29, 0.717) is 5.56 Å². The highest BCUT2D eigenvalue weighted by atomic mass is 19.1. The lowest BCUT2D eigenvalue weighted by atomic mass is 9.77. The summed E-state index contributed by atoms with van der Waals surface area (Å²) in [5.74, 6) is -0.963. The Bertz CT molecular complexity index is 397. The van der Waals surface area contributed by atoms with Crippen LogP contribution in [0.4, 0.5) is 8.78 Å². The average Bonchev–Trinajstić information content (AvgIpc) is 2.70. The molecule has 0 spiro atoms. The van der Waals surface area contributed by atoms with E-state index in [0.717, 1.165) is 18.9 Å². The smallest absolute Gasteiger partial charge is 0.130 e. The molecule has 0 aromatic heterocycles. The lowest BCUT2D eigenvalue weighted by molar-refractivity contribution is 0.228. The molecule has 1 aromatic rings. The molecule has 2 rings (SSSR count). The van der Waals surface area contributed by atoms with Crippen LogP contribution in [-0.4, -0.2) is 7.05 Å². The largest absolute Gasteiger partial charge is 0.312 e. The molecule has 1 aliphatic carbocycles. The standard InChI is InChI=1S/C14H19F2N/c1-14(7-3-4-8-14)13(17-2)11-6-5-10(15)9-12(11)16/h5-6,9,13,17H,3-4,7-8H2,1-2H3. The minimum absolute atomic E-state index is 0.0365. The minimum atomic E-state index is -0.516. The molecule has 1 saturated carbocycles. The Labute approximate surface area is 101 Å². The normalized spacial score (nSPS) is 20.5. The number of nitrogens with one attached hydrogen (secondary N) is 1. The van der Waals surface area contributed by atoms with E-state index < -0.39 is 11.6 Å². The molecular formula is C14H19F2N. The first-order valence-corrected chi connectivity index (χ1v) is 6.19. The quantitative estimate of drug-likeness (QED) is 0.845. The van der Waals surface area contributed by atoms with E-state index in [-0.39, 0.29) is 11.5 Å². The summed E-state index contributed by atoms with van der Waals surface area (Å²) in [4.78, 5) is 0. The maximum Gasteiger partial charge on any atom is 0.130 e. The van der Waals surface area contributed by atoms with Gasteiger partial charge in [0, 0.05) is 17.7 Å². The van der Waals surface area contributed by atoms with Crippen molar-refractivity contribution in [2.24, 2.45) is 5.41 Å². The van der Waals surface area contributed by atoms with Crippen LogP contribution in [-0.2, 0) is 0 Å². The first kappa shape index (κ1) is 12.5. The van der Waals surface area contributed by atoms with Crippen molar-refractivity contribution in [1.29, 1.82) is 0 Å². The van der Waals surface area contributed by atoms with E-state index in [2.05, 4.69) is 12.2 Å². The molecule has 0 radical (unpaired) electrons. The van der Waals surface area contributed by atoms with E-state index in [4.69, 9.17) is 0 Å². The predicted octanol–water partition coefficient (Wildman–Crippen LogP) is 3.81.